The number of fused-ring (bicyclic) bond motifs is 3. The predicted octanol–water partition coefficient (Wildman–Crippen LogP) is 2.77. The van der Waals surface area contributed by atoms with Crippen LogP contribution in [-0.2, 0) is 6.54 Å². The zero-order valence-corrected chi connectivity index (χ0v) is 17.9. The molecular weight excluding hydrogens is 390 g/mol. The molecule has 0 aliphatic heterocycles. The molecule has 0 saturated carbocycles. The Balaban J connectivity index is 1.72. The molecule has 0 radical (unpaired) electrons. The average Bonchev–Trinajstić information content (AvgIpc) is 3.30. The second-order valence-corrected chi connectivity index (χ2v) is 7.49. The third kappa shape index (κ3) is 4.22. The standard InChI is InChI=1S/C24H27N5O2/c1-3-27(4-2)15-14-25-23(30)19-10-11-20-22(16-19)28(17-18-8-6-5-7-9-18)24(31)21-12-13-26-29(20)21/h5-13,16H,3-4,14-15,17H2,1-2H3,(H,25,30). The molecule has 0 bridgehead atoms. The van der Waals surface area contributed by atoms with E-state index in [0.29, 0.717) is 29.7 Å². The minimum absolute atomic E-state index is 0.132. The zero-order valence-electron chi connectivity index (χ0n) is 17.9. The van der Waals surface area contributed by atoms with Gasteiger partial charge in [-0.15, -0.1) is 0 Å². The quantitative estimate of drug-likeness (QED) is 0.479. The van der Waals surface area contributed by atoms with Gasteiger partial charge in [0.15, 0.2) is 0 Å². The number of hydrogen-bond donors (Lipinski definition) is 1. The molecule has 0 atom stereocenters. The van der Waals surface area contributed by atoms with Crippen molar-refractivity contribution in [2.45, 2.75) is 20.4 Å². The molecule has 2 heterocycles. The Labute approximate surface area is 180 Å². The first-order valence-corrected chi connectivity index (χ1v) is 10.7. The number of carbonyl (C=O) groups excluding carboxylic acids is 1. The molecule has 0 fully saturated rings. The zero-order chi connectivity index (χ0) is 21.8. The van der Waals surface area contributed by atoms with Crippen LogP contribution in [0.1, 0.15) is 29.8 Å². The SMILES string of the molecule is CCN(CC)CCNC(=O)c1ccc2c(c1)n(Cc1ccccc1)c(=O)c1ccnn12. The Kier molecular flexibility index (Phi) is 6.13. The maximum Gasteiger partial charge on any atom is 0.277 e. The van der Waals surface area contributed by atoms with Crippen molar-refractivity contribution in [2.75, 3.05) is 26.2 Å². The minimum atomic E-state index is -0.145. The van der Waals surface area contributed by atoms with Crippen LogP contribution in [0.5, 0.6) is 0 Å². The van der Waals surface area contributed by atoms with Crippen molar-refractivity contribution >= 4 is 22.5 Å². The highest BCUT2D eigenvalue weighted by atomic mass is 16.1. The summed E-state index contributed by atoms with van der Waals surface area (Å²) in [6.45, 7) is 7.92. The van der Waals surface area contributed by atoms with Gasteiger partial charge in [0.1, 0.15) is 5.52 Å². The van der Waals surface area contributed by atoms with Crippen molar-refractivity contribution in [1.82, 2.24) is 24.4 Å². The second-order valence-electron chi connectivity index (χ2n) is 7.49. The molecule has 2 aromatic carbocycles. The topological polar surface area (TPSA) is 71.6 Å². The molecule has 0 unspecified atom stereocenters. The largest absolute Gasteiger partial charge is 0.351 e. The van der Waals surface area contributed by atoms with E-state index < -0.39 is 0 Å². The molecule has 7 heteroatoms. The van der Waals surface area contributed by atoms with Crippen molar-refractivity contribution < 1.29 is 4.79 Å². The number of carbonyl (C=O) groups is 1. The first-order valence-electron chi connectivity index (χ1n) is 10.7. The van der Waals surface area contributed by atoms with Crippen molar-refractivity contribution in [3.8, 4) is 0 Å². The molecule has 2 aromatic heterocycles. The van der Waals surface area contributed by atoms with E-state index in [1.165, 1.54) is 0 Å². The highest BCUT2D eigenvalue weighted by Crippen LogP contribution is 2.18. The Hall–Kier alpha value is -3.45. The molecule has 4 rings (SSSR count). The Morgan fingerprint density at radius 3 is 2.52 bits per heavy atom. The Bertz CT molecular complexity index is 1260. The average molecular weight is 418 g/mol. The lowest BCUT2D eigenvalue weighted by Gasteiger charge is -2.18. The number of hydrogen-bond acceptors (Lipinski definition) is 4. The smallest absolute Gasteiger partial charge is 0.277 e. The fourth-order valence-electron chi connectivity index (χ4n) is 3.86. The third-order valence-electron chi connectivity index (χ3n) is 5.66. The van der Waals surface area contributed by atoms with Crippen LogP contribution in [0.4, 0.5) is 0 Å². The molecule has 0 aliphatic carbocycles. The van der Waals surface area contributed by atoms with E-state index in [0.717, 1.165) is 30.7 Å². The fraction of sp³-hybridized carbons (Fsp3) is 0.292. The van der Waals surface area contributed by atoms with Gasteiger partial charge in [0.05, 0.1) is 23.8 Å². The highest BCUT2D eigenvalue weighted by molar-refractivity contribution is 5.97. The monoisotopic (exact) mass is 417 g/mol. The number of aromatic nitrogens is 3. The number of likely N-dealkylation sites (N-methyl/N-ethyl adjacent to an activating group) is 1. The number of nitrogens with one attached hydrogen (secondary N) is 1. The van der Waals surface area contributed by atoms with Crippen LogP contribution >= 0.6 is 0 Å². The summed E-state index contributed by atoms with van der Waals surface area (Å²) in [4.78, 5) is 28.2. The van der Waals surface area contributed by atoms with Gasteiger partial charge in [-0.05, 0) is 42.9 Å². The Morgan fingerprint density at radius 1 is 1.00 bits per heavy atom. The molecule has 0 spiro atoms. The third-order valence-corrected chi connectivity index (χ3v) is 5.66. The van der Waals surface area contributed by atoms with Gasteiger partial charge in [-0.1, -0.05) is 44.2 Å². The van der Waals surface area contributed by atoms with Crippen LogP contribution in [0, 0.1) is 0 Å². The molecular formula is C24H27N5O2. The van der Waals surface area contributed by atoms with Gasteiger partial charge >= 0.3 is 0 Å². The van der Waals surface area contributed by atoms with E-state index in [1.807, 2.05) is 36.4 Å². The van der Waals surface area contributed by atoms with E-state index in [2.05, 4.69) is 29.2 Å². The van der Waals surface area contributed by atoms with E-state index in [4.69, 9.17) is 0 Å². The lowest BCUT2D eigenvalue weighted by atomic mass is 10.1. The molecule has 0 saturated heterocycles. The summed E-state index contributed by atoms with van der Waals surface area (Å²) in [7, 11) is 0. The van der Waals surface area contributed by atoms with Gasteiger partial charge in [-0.2, -0.15) is 5.10 Å². The van der Waals surface area contributed by atoms with Crippen LogP contribution in [0.15, 0.2) is 65.6 Å². The number of amides is 1. The summed E-state index contributed by atoms with van der Waals surface area (Å²) in [5.74, 6) is -0.145. The van der Waals surface area contributed by atoms with Gasteiger partial charge in [0.2, 0.25) is 0 Å². The first kappa shape index (κ1) is 20.8. The second kappa shape index (κ2) is 9.14. The minimum Gasteiger partial charge on any atom is -0.351 e. The summed E-state index contributed by atoms with van der Waals surface area (Å²) in [5.41, 5.74) is 3.40. The summed E-state index contributed by atoms with van der Waals surface area (Å²) >= 11 is 0. The molecule has 1 N–H and O–H groups in total. The number of nitrogens with zero attached hydrogens (tertiary/aromatic N) is 4. The summed E-state index contributed by atoms with van der Waals surface area (Å²) in [6, 6.07) is 17.0. The first-order chi connectivity index (χ1) is 15.1. The maximum absolute atomic E-state index is 13.2. The lowest BCUT2D eigenvalue weighted by molar-refractivity contribution is 0.0949. The van der Waals surface area contributed by atoms with Crippen molar-refractivity contribution in [3.63, 3.8) is 0 Å². The van der Waals surface area contributed by atoms with E-state index in [1.54, 1.807) is 33.5 Å². The molecule has 7 nitrogen and oxygen atoms in total. The van der Waals surface area contributed by atoms with Crippen LogP contribution in [-0.4, -0.2) is 51.2 Å². The maximum atomic E-state index is 13.2. The van der Waals surface area contributed by atoms with Gasteiger partial charge in [0, 0.05) is 18.7 Å². The van der Waals surface area contributed by atoms with Crippen molar-refractivity contribution in [3.05, 3.63) is 82.3 Å². The summed E-state index contributed by atoms with van der Waals surface area (Å²) < 4.78 is 3.36. The highest BCUT2D eigenvalue weighted by Gasteiger charge is 2.15. The van der Waals surface area contributed by atoms with Gasteiger partial charge < -0.3 is 14.8 Å². The van der Waals surface area contributed by atoms with Crippen LogP contribution < -0.4 is 10.9 Å². The number of benzene rings is 2. The van der Waals surface area contributed by atoms with Crippen LogP contribution in [0.3, 0.4) is 0 Å². The van der Waals surface area contributed by atoms with E-state index >= 15 is 0 Å². The Morgan fingerprint density at radius 2 is 1.77 bits per heavy atom. The van der Waals surface area contributed by atoms with Crippen molar-refractivity contribution in [2.24, 2.45) is 0 Å². The van der Waals surface area contributed by atoms with E-state index in [9.17, 15) is 9.59 Å². The summed E-state index contributed by atoms with van der Waals surface area (Å²) in [5, 5.41) is 7.30. The van der Waals surface area contributed by atoms with Crippen LogP contribution in [0.25, 0.3) is 16.6 Å². The van der Waals surface area contributed by atoms with Gasteiger partial charge in [-0.25, -0.2) is 4.52 Å². The van der Waals surface area contributed by atoms with Gasteiger partial charge in [-0.3, -0.25) is 9.59 Å². The molecule has 0 aliphatic rings. The predicted molar refractivity (Wildman–Crippen MR) is 123 cm³/mol. The van der Waals surface area contributed by atoms with E-state index in [-0.39, 0.29) is 11.5 Å². The normalized spacial score (nSPS) is 11.5. The summed E-state index contributed by atoms with van der Waals surface area (Å²) in [6.07, 6.45) is 1.62. The number of rotatable bonds is 8. The molecule has 31 heavy (non-hydrogen) atoms. The van der Waals surface area contributed by atoms with Crippen LogP contribution in [0.2, 0.25) is 0 Å². The van der Waals surface area contributed by atoms with Gasteiger partial charge in [0.25, 0.3) is 11.5 Å². The molecule has 160 valence electrons. The van der Waals surface area contributed by atoms with Crippen molar-refractivity contribution in [1.29, 1.82) is 0 Å². The lowest BCUT2D eigenvalue weighted by Crippen LogP contribution is -2.34. The molecule has 1 amide bonds. The fourth-order valence-corrected chi connectivity index (χ4v) is 3.86. The molecule has 4 aromatic rings.